The fourth-order valence-electron chi connectivity index (χ4n) is 1.57. The molecule has 1 heterocycles. The Morgan fingerprint density at radius 3 is 2.54 bits per heavy atom. The number of unbranched alkanes of at least 4 members (excludes halogenated alkanes) is 1. The number of hydrogen-bond donors (Lipinski definition) is 0. The Morgan fingerprint density at radius 2 is 2.08 bits per heavy atom. The average molecular weight is 187 g/mol. The summed E-state index contributed by atoms with van der Waals surface area (Å²) in [6.07, 6.45) is 4.36. The molecule has 1 fully saturated rings. The van der Waals surface area contributed by atoms with Crippen LogP contribution < -0.4 is 0 Å². The molecule has 0 amide bonds. The molecule has 1 unspecified atom stereocenters. The van der Waals surface area contributed by atoms with Crippen molar-refractivity contribution < 1.29 is 4.74 Å². The van der Waals surface area contributed by atoms with Gasteiger partial charge < -0.3 is 9.64 Å². The quantitative estimate of drug-likeness (QED) is 0.670. The standard InChI is InChI=1S/C9H19NO.C2H6/c1-3-4-6-10-7-5-9(8-10)11-2;1-2/h9H,3-8H2,1-2H3;1-2H3. The number of rotatable bonds is 4. The second kappa shape index (κ2) is 8.52. The molecule has 1 saturated heterocycles. The van der Waals surface area contributed by atoms with Gasteiger partial charge in [0.25, 0.3) is 0 Å². The number of ether oxygens (including phenoxy) is 1. The van der Waals surface area contributed by atoms with Crippen molar-refractivity contribution in [2.45, 2.75) is 46.1 Å². The normalized spacial score (nSPS) is 22.6. The zero-order chi connectivity index (χ0) is 10.1. The van der Waals surface area contributed by atoms with Gasteiger partial charge in [-0.3, -0.25) is 0 Å². The van der Waals surface area contributed by atoms with Crippen molar-refractivity contribution in [3.05, 3.63) is 0 Å². The Bertz CT molecular complexity index is 106. The van der Waals surface area contributed by atoms with Gasteiger partial charge in [0.2, 0.25) is 0 Å². The Morgan fingerprint density at radius 1 is 1.38 bits per heavy atom. The van der Waals surface area contributed by atoms with E-state index < -0.39 is 0 Å². The summed E-state index contributed by atoms with van der Waals surface area (Å²) in [5.41, 5.74) is 0. The number of hydrogen-bond acceptors (Lipinski definition) is 2. The lowest BCUT2D eigenvalue weighted by Gasteiger charge is -2.14. The third-order valence-corrected chi connectivity index (χ3v) is 2.39. The van der Waals surface area contributed by atoms with E-state index in [-0.39, 0.29) is 0 Å². The molecule has 1 aliphatic rings. The molecule has 2 nitrogen and oxygen atoms in total. The van der Waals surface area contributed by atoms with Crippen LogP contribution in [-0.4, -0.2) is 37.7 Å². The van der Waals surface area contributed by atoms with Gasteiger partial charge in [-0.25, -0.2) is 0 Å². The summed E-state index contributed by atoms with van der Waals surface area (Å²) in [6, 6.07) is 0. The highest BCUT2D eigenvalue weighted by atomic mass is 16.5. The fourth-order valence-corrected chi connectivity index (χ4v) is 1.57. The second-order valence-electron chi connectivity index (χ2n) is 3.30. The monoisotopic (exact) mass is 187 g/mol. The van der Waals surface area contributed by atoms with E-state index in [1.807, 2.05) is 21.0 Å². The van der Waals surface area contributed by atoms with Crippen LogP contribution in [0.3, 0.4) is 0 Å². The molecule has 80 valence electrons. The summed E-state index contributed by atoms with van der Waals surface area (Å²) in [5, 5.41) is 0. The SMILES string of the molecule is CC.CCCCN1CCC(OC)C1. The molecule has 0 aromatic heterocycles. The molecule has 0 saturated carbocycles. The van der Waals surface area contributed by atoms with Crippen LogP contribution in [0.15, 0.2) is 0 Å². The van der Waals surface area contributed by atoms with Gasteiger partial charge >= 0.3 is 0 Å². The predicted molar refractivity (Wildman–Crippen MR) is 58.1 cm³/mol. The lowest BCUT2D eigenvalue weighted by atomic mass is 10.3. The van der Waals surface area contributed by atoms with Crippen molar-refractivity contribution in [1.29, 1.82) is 0 Å². The van der Waals surface area contributed by atoms with E-state index >= 15 is 0 Å². The first-order valence-corrected chi connectivity index (χ1v) is 5.62. The van der Waals surface area contributed by atoms with Crippen molar-refractivity contribution >= 4 is 0 Å². The van der Waals surface area contributed by atoms with Crippen LogP contribution in [0, 0.1) is 0 Å². The van der Waals surface area contributed by atoms with Crippen LogP contribution in [0.4, 0.5) is 0 Å². The summed E-state index contributed by atoms with van der Waals surface area (Å²) >= 11 is 0. The molecule has 1 atom stereocenters. The molecule has 1 rings (SSSR count). The van der Waals surface area contributed by atoms with Gasteiger partial charge in [-0.05, 0) is 19.4 Å². The molecule has 0 aromatic rings. The predicted octanol–water partition coefficient (Wildman–Crippen LogP) is 2.53. The third kappa shape index (κ3) is 5.27. The van der Waals surface area contributed by atoms with Crippen molar-refractivity contribution in [3.8, 4) is 0 Å². The minimum absolute atomic E-state index is 0.506. The van der Waals surface area contributed by atoms with Crippen LogP contribution in [0.25, 0.3) is 0 Å². The zero-order valence-corrected chi connectivity index (χ0v) is 9.68. The Labute approximate surface area is 83.3 Å². The van der Waals surface area contributed by atoms with Gasteiger partial charge in [0, 0.05) is 20.2 Å². The topological polar surface area (TPSA) is 12.5 Å². The van der Waals surface area contributed by atoms with Crippen molar-refractivity contribution in [3.63, 3.8) is 0 Å². The summed E-state index contributed by atoms with van der Waals surface area (Å²) < 4.78 is 5.28. The third-order valence-electron chi connectivity index (χ3n) is 2.39. The molecule has 1 aliphatic heterocycles. The molecule has 13 heavy (non-hydrogen) atoms. The van der Waals surface area contributed by atoms with Gasteiger partial charge in [-0.2, -0.15) is 0 Å². The van der Waals surface area contributed by atoms with Gasteiger partial charge in [-0.1, -0.05) is 27.2 Å². The Hall–Kier alpha value is -0.0800. The van der Waals surface area contributed by atoms with Gasteiger partial charge in [0.15, 0.2) is 0 Å². The summed E-state index contributed by atoms with van der Waals surface area (Å²) in [5.74, 6) is 0. The zero-order valence-electron chi connectivity index (χ0n) is 9.68. The van der Waals surface area contributed by atoms with E-state index in [4.69, 9.17) is 4.74 Å². The van der Waals surface area contributed by atoms with E-state index in [0.717, 1.165) is 6.54 Å². The molecule has 0 radical (unpaired) electrons. The molecule has 0 aliphatic carbocycles. The van der Waals surface area contributed by atoms with Crippen LogP contribution in [0.1, 0.15) is 40.0 Å². The number of likely N-dealkylation sites (tertiary alicyclic amines) is 1. The molecule has 0 spiro atoms. The van der Waals surface area contributed by atoms with E-state index in [1.165, 1.54) is 32.4 Å². The van der Waals surface area contributed by atoms with Crippen LogP contribution in [-0.2, 0) is 4.74 Å². The highest BCUT2D eigenvalue weighted by Crippen LogP contribution is 2.11. The molecule has 2 heteroatoms. The maximum absolute atomic E-state index is 5.28. The maximum Gasteiger partial charge on any atom is 0.0710 e. The van der Waals surface area contributed by atoms with Crippen molar-refractivity contribution in [2.24, 2.45) is 0 Å². The summed E-state index contributed by atoms with van der Waals surface area (Å²) in [6.45, 7) is 9.88. The van der Waals surface area contributed by atoms with E-state index in [0.29, 0.717) is 6.10 Å². The Balaban J connectivity index is 0.000000671. The number of methoxy groups -OCH3 is 1. The lowest BCUT2D eigenvalue weighted by molar-refractivity contribution is 0.108. The first-order valence-electron chi connectivity index (χ1n) is 5.62. The largest absolute Gasteiger partial charge is 0.380 e. The minimum atomic E-state index is 0.506. The molecule has 0 N–H and O–H groups in total. The van der Waals surface area contributed by atoms with Crippen LogP contribution in [0.2, 0.25) is 0 Å². The van der Waals surface area contributed by atoms with Crippen molar-refractivity contribution in [1.82, 2.24) is 4.90 Å². The van der Waals surface area contributed by atoms with Gasteiger partial charge in [0.1, 0.15) is 0 Å². The Kier molecular flexibility index (Phi) is 8.46. The van der Waals surface area contributed by atoms with Crippen LogP contribution >= 0.6 is 0 Å². The molecule has 0 aromatic carbocycles. The minimum Gasteiger partial charge on any atom is -0.380 e. The first-order chi connectivity index (χ1) is 6.36. The fraction of sp³-hybridized carbons (Fsp3) is 1.00. The van der Waals surface area contributed by atoms with E-state index in [1.54, 1.807) is 0 Å². The molecule has 0 bridgehead atoms. The van der Waals surface area contributed by atoms with Gasteiger partial charge in [0.05, 0.1) is 6.10 Å². The highest BCUT2D eigenvalue weighted by molar-refractivity contribution is 4.74. The van der Waals surface area contributed by atoms with Crippen molar-refractivity contribution in [2.75, 3.05) is 26.7 Å². The average Bonchev–Trinajstić information content (AvgIpc) is 2.65. The molecular weight excluding hydrogens is 162 g/mol. The highest BCUT2D eigenvalue weighted by Gasteiger charge is 2.20. The lowest BCUT2D eigenvalue weighted by Crippen LogP contribution is -2.23. The van der Waals surface area contributed by atoms with Crippen LogP contribution in [0.5, 0.6) is 0 Å². The smallest absolute Gasteiger partial charge is 0.0710 e. The second-order valence-corrected chi connectivity index (χ2v) is 3.30. The molecular formula is C11H25NO. The summed E-state index contributed by atoms with van der Waals surface area (Å²) in [7, 11) is 1.81. The van der Waals surface area contributed by atoms with E-state index in [9.17, 15) is 0 Å². The van der Waals surface area contributed by atoms with E-state index in [2.05, 4.69) is 11.8 Å². The first kappa shape index (κ1) is 12.9. The van der Waals surface area contributed by atoms with Gasteiger partial charge in [-0.15, -0.1) is 0 Å². The number of nitrogens with zero attached hydrogens (tertiary/aromatic N) is 1. The summed E-state index contributed by atoms with van der Waals surface area (Å²) in [4.78, 5) is 2.50. The maximum atomic E-state index is 5.28.